The highest BCUT2D eigenvalue weighted by molar-refractivity contribution is 9.10. The van der Waals surface area contributed by atoms with E-state index in [1.807, 2.05) is 20.8 Å². The van der Waals surface area contributed by atoms with Crippen LogP contribution in [0, 0.1) is 11.8 Å². The van der Waals surface area contributed by atoms with E-state index in [-0.39, 0.29) is 52.3 Å². The summed E-state index contributed by atoms with van der Waals surface area (Å²) >= 11 is 6.94. The van der Waals surface area contributed by atoms with Crippen LogP contribution in [0.2, 0.25) is 0 Å². The number of amides is 4. The predicted octanol–water partition coefficient (Wildman–Crippen LogP) is 5.88. The van der Waals surface area contributed by atoms with Gasteiger partial charge in [0.25, 0.3) is 11.8 Å². The molecule has 0 atom stereocenters. The maximum atomic E-state index is 13.2. The Labute approximate surface area is 340 Å². The summed E-state index contributed by atoms with van der Waals surface area (Å²) in [6, 6.07) is 8.67. The number of halogens is 2. The van der Waals surface area contributed by atoms with E-state index in [2.05, 4.69) is 42.1 Å². The molecule has 16 nitrogen and oxygen atoms in total. The third-order valence-corrected chi connectivity index (χ3v) is 10.9. The fourth-order valence-electron chi connectivity index (χ4n) is 6.94. The van der Waals surface area contributed by atoms with Crippen LogP contribution in [0.4, 0.5) is 9.59 Å². The molecule has 0 saturated carbocycles. The van der Waals surface area contributed by atoms with Gasteiger partial charge in [0, 0.05) is 57.7 Å². The molecule has 0 bridgehead atoms. The van der Waals surface area contributed by atoms with Gasteiger partial charge in [-0.2, -0.15) is 19.6 Å². The first-order chi connectivity index (χ1) is 26.1. The Hall–Kier alpha value is -4.84. The number of piperidine rings is 2. The van der Waals surface area contributed by atoms with Crippen LogP contribution in [-0.4, -0.2) is 102 Å². The second kappa shape index (κ2) is 16.3. The smallest absolute Gasteiger partial charge is 0.435 e. The number of ether oxygens (including phenoxy) is 1. The molecule has 0 aliphatic carbocycles. The molecule has 300 valence electrons. The van der Waals surface area contributed by atoms with Crippen molar-refractivity contribution < 1.29 is 38.6 Å². The highest BCUT2D eigenvalue weighted by atomic mass is 79.9. The van der Waals surface area contributed by atoms with E-state index in [4.69, 9.17) is 16.2 Å². The van der Waals surface area contributed by atoms with Gasteiger partial charge in [-0.05, 0) is 87.8 Å². The third kappa shape index (κ3) is 9.06. The number of benzene rings is 2. The second-order valence-corrected chi connectivity index (χ2v) is 17.7. The predicted molar refractivity (Wildman–Crippen MR) is 214 cm³/mol. The third-order valence-electron chi connectivity index (χ3n) is 9.71. The van der Waals surface area contributed by atoms with Crippen LogP contribution >= 0.6 is 31.9 Å². The van der Waals surface area contributed by atoms with Crippen LogP contribution in [0.1, 0.15) is 93.8 Å². The zero-order chi connectivity index (χ0) is 41.4. The van der Waals surface area contributed by atoms with Gasteiger partial charge in [0.15, 0.2) is 11.4 Å². The molecule has 2 saturated heterocycles. The molecular formula is C38H46Br2N8O8. The highest BCUT2D eigenvalue weighted by Crippen LogP contribution is 2.38. The van der Waals surface area contributed by atoms with E-state index in [0.717, 1.165) is 23.9 Å². The number of primary amides is 2. The van der Waals surface area contributed by atoms with E-state index in [0.29, 0.717) is 73.7 Å². The van der Waals surface area contributed by atoms with Crippen molar-refractivity contribution in [1.29, 1.82) is 0 Å². The minimum Gasteiger partial charge on any atom is -0.463 e. The Kier molecular flexibility index (Phi) is 12.3. The highest BCUT2D eigenvalue weighted by Gasteiger charge is 2.34. The molecule has 2 aliphatic rings. The van der Waals surface area contributed by atoms with Crippen molar-refractivity contribution >= 4 is 89.5 Å². The van der Waals surface area contributed by atoms with Gasteiger partial charge >= 0.3 is 12.2 Å². The molecule has 2 aromatic carbocycles. The van der Waals surface area contributed by atoms with E-state index in [9.17, 15) is 33.9 Å². The summed E-state index contributed by atoms with van der Waals surface area (Å²) in [6.07, 6.45) is 0.137. The molecule has 0 unspecified atom stereocenters. The molecule has 2 aromatic heterocycles. The first-order valence-corrected chi connectivity index (χ1v) is 19.7. The lowest BCUT2D eigenvalue weighted by molar-refractivity contribution is -0.123. The number of carbonyl (C=O) groups excluding carboxylic acids is 5. The Morgan fingerprint density at radius 2 is 1.21 bits per heavy atom. The number of rotatable bonds is 4. The van der Waals surface area contributed by atoms with Gasteiger partial charge in [-0.3, -0.25) is 19.2 Å². The van der Waals surface area contributed by atoms with Crippen LogP contribution in [0.5, 0.6) is 0 Å². The van der Waals surface area contributed by atoms with Gasteiger partial charge in [0.1, 0.15) is 5.60 Å². The van der Waals surface area contributed by atoms with Crippen molar-refractivity contribution in [2.45, 2.75) is 78.2 Å². The first-order valence-electron chi connectivity index (χ1n) is 18.1. The Balaban J connectivity index is 0.000000214. The summed E-state index contributed by atoms with van der Waals surface area (Å²) in [7, 11) is 0. The fourth-order valence-corrected chi connectivity index (χ4v) is 8.23. The number of aromatic nitrogens is 4. The molecule has 4 amide bonds. The summed E-state index contributed by atoms with van der Waals surface area (Å²) in [5.74, 6) is -1.77. The van der Waals surface area contributed by atoms with Gasteiger partial charge in [-0.25, -0.2) is 9.59 Å². The normalized spacial score (nSPS) is 15.7. The summed E-state index contributed by atoms with van der Waals surface area (Å²) in [5.41, 5.74) is 11.7. The van der Waals surface area contributed by atoms with Crippen LogP contribution in [0.3, 0.4) is 0 Å². The molecule has 4 heterocycles. The molecule has 0 spiro atoms. The largest absolute Gasteiger partial charge is 0.463 e. The van der Waals surface area contributed by atoms with Gasteiger partial charge in [0.05, 0.1) is 11.0 Å². The molecule has 0 radical (unpaired) electrons. The topological polar surface area (TPSA) is 226 Å². The monoisotopic (exact) mass is 900 g/mol. The maximum absolute atomic E-state index is 13.2. The van der Waals surface area contributed by atoms with Gasteiger partial charge in [0.2, 0.25) is 11.8 Å². The van der Waals surface area contributed by atoms with Gasteiger partial charge in [-0.15, -0.1) is 0 Å². The van der Waals surface area contributed by atoms with Crippen molar-refractivity contribution in [3.63, 3.8) is 0 Å². The first kappa shape index (κ1) is 42.3. The zero-order valence-corrected chi connectivity index (χ0v) is 35.3. The second-order valence-electron chi connectivity index (χ2n) is 15.9. The minimum absolute atomic E-state index is 0.112. The Morgan fingerprint density at radius 3 is 1.68 bits per heavy atom. The van der Waals surface area contributed by atoms with E-state index in [1.165, 1.54) is 0 Å². The molecule has 2 aliphatic heterocycles. The summed E-state index contributed by atoms with van der Waals surface area (Å²) in [5, 5.41) is 19.1. The van der Waals surface area contributed by atoms with Crippen molar-refractivity contribution in [2.24, 2.45) is 23.3 Å². The number of hydrogen-bond acceptors (Lipinski definition) is 9. The molecule has 2 fully saturated rings. The van der Waals surface area contributed by atoms with Crippen molar-refractivity contribution in [3.05, 3.63) is 56.2 Å². The van der Waals surface area contributed by atoms with E-state index in [1.54, 1.807) is 60.9 Å². The number of carboxylic acid groups (broad SMARTS) is 1. The van der Waals surface area contributed by atoms with E-state index < -0.39 is 17.8 Å². The van der Waals surface area contributed by atoms with Gasteiger partial charge in [-0.1, -0.05) is 52.6 Å². The number of carbonyl (C=O) groups is 6. The zero-order valence-electron chi connectivity index (χ0n) is 32.1. The van der Waals surface area contributed by atoms with Crippen LogP contribution < -0.4 is 11.5 Å². The molecule has 18 heteroatoms. The summed E-state index contributed by atoms with van der Waals surface area (Å²) in [6.45, 7) is 12.9. The van der Waals surface area contributed by atoms with Crippen LogP contribution in [-0.2, 0) is 19.7 Å². The van der Waals surface area contributed by atoms with Crippen LogP contribution in [0.25, 0.3) is 21.8 Å². The average molecular weight is 903 g/mol. The quantitative estimate of drug-likeness (QED) is 0.221. The molecule has 6 rings (SSSR count). The molecular weight excluding hydrogens is 856 g/mol. The minimum atomic E-state index is -1.25. The van der Waals surface area contributed by atoms with Crippen molar-refractivity contribution in [2.75, 3.05) is 26.2 Å². The SMILES string of the molecule is CC(C)(C)OC(=O)n1nc(C(=O)N2CCC(C(N)=O)CC2)c2cc(Br)ccc21.CC(C)(C)c1c(Br)ccc2c1c(C(=O)N1CCC(C(N)=O)CC1)nn2C(=O)O. The molecule has 5 N–H and O–H groups in total. The molecule has 4 aromatic rings. The number of nitrogens with zero attached hydrogens (tertiary/aromatic N) is 6. The maximum Gasteiger partial charge on any atom is 0.435 e. The lowest BCUT2D eigenvalue weighted by atomic mass is 9.84. The van der Waals surface area contributed by atoms with E-state index >= 15 is 0 Å². The van der Waals surface area contributed by atoms with Crippen LogP contribution in [0.15, 0.2) is 39.3 Å². The standard InChI is InChI=1S/2C19H23BrN4O4/c1-19(2,3)28-18(27)24-14-5-4-12(20)10-13(14)15(22-24)17(26)23-8-6-11(7-9-23)16(21)25;1-19(2,3)14-11(20)4-5-12-13(14)15(22-24(12)18(27)28)17(26)23-8-6-10(7-9-23)16(21)25/h4-5,10-11H,6-9H2,1-3H3,(H2,21,25);4-5,10H,6-9H2,1-3H3,(H2,21,25)(H,27,28). The number of fused-ring (bicyclic) bond motifs is 2. The number of hydrogen-bond donors (Lipinski definition) is 3. The Bertz CT molecular complexity index is 2220. The lowest BCUT2D eigenvalue weighted by Gasteiger charge is -2.30. The van der Waals surface area contributed by atoms with Gasteiger partial charge < -0.3 is 31.1 Å². The average Bonchev–Trinajstić information content (AvgIpc) is 3.69. The lowest BCUT2D eigenvalue weighted by Crippen LogP contribution is -2.42. The summed E-state index contributed by atoms with van der Waals surface area (Å²) < 4.78 is 8.94. The Morgan fingerprint density at radius 1 is 0.732 bits per heavy atom. The summed E-state index contributed by atoms with van der Waals surface area (Å²) in [4.78, 5) is 76.6. The molecule has 56 heavy (non-hydrogen) atoms. The number of nitrogens with two attached hydrogens (primary N) is 2. The number of likely N-dealkylation sites (tertiary alicyclic amines) is 2. The fraction of sp³-hybridized carbons (Fsp3) is 0.474. The van der Waals surface area contributed by atoms with Crippen molar-refractivity contribution in [3.8, 4) is 0 Å². The van der Waals surface area contributed by atoms with Crippen molar-refractivity contribution in [1.82, 2.24) is 29.4 Å².